The van der Waals surface area contributed by atoms with Crippen molar-refractivity contribution in [1.29, 1.82) is 0 Å². The van der Waals surface area contributed by atoms with Crippen molar-refractivity contribution in [2.24, 2.45) is 0 Å². The fourth-order valence-corrected chi connectivity index (χ4v) is 3.82. The van der Waals surface area contributed by atoms with Gasteiger partial charge < -0.3 is 4.90 Å². The lowest BCUT2D eigenvalue weighted by Crippen LogP contribution is -3.16. The Kier molecular flexibility index (Phi) is 3.69. The Labute approximate surface area is 141 Å². The van der Waals surface area contributed by atoms with Crippen LogP contribution in [0.3, 0.4) is 0 Å². The highest BCUT2D eigenvalue weighted by atomic mass is 16.2. The van der Waals surface area contributed by atoms with E-state index in [1.165, 1.54) is 20.9 Å². The number of imide groups is 1. The lowest BCUT2D eigenvalue weighted by Gasteiger charge is -2.29. The summed E-state index contributed by atoms with van der Waals surface area (Å²) in [4.78, 5) is 27.9. The monoisotopic (exact) mass is 321 g/mol. The number of fused-ring (bicyclic) bond motifs is 1. The number of amides is 2. The molecule has 0 spiro atoms. The largest absolute Gasteiger partial charge is 0.320 e. The van der Waals surface area contributed by atoms with Gasteiger partial charge in [0.05, 0.1) is 18.7 Å². The van der Waals surface area contributed by atoms with Crippen molar-refractivity contribution in [3.05, 3.63) is 65.2 Å². The molecule has 0 bridgehead atoms. The van der Waals surface area contributed by atoms with E-state index in [-0.39, 0.29) is 17.9 Å². The van der Waals surface area contributed by atoms with Crippen LogP contribution in [0, 0.1) is 6.92 Å². The molecule has 2 aliphatic heterocycles. The van der Waals surface area contributed by atoms with Gasteiger partial charge in [-0.1, -0.05) is 42.0 Å². The van der Waals surface area contributed by atoms with Crippen molar-refractivity contribution in [3.63, 3.8) is 0 Å². The molecule has 1 fully saturated rings. The first-order valence-electron chi connectivity index (χ1n) is 8.48. The highest BCUT2D eigenvalue weighted by Crippen LogP contribution is 2.23. The molecular weight excluding hydrogens is 300 g/mol. The van der Waals surface area contributed by atoms with Crippen LogP contribution in [0.25, 0.3) is 0 Å². The molecule has 4 heteroatoms. The predicted molar refractivity (Wildman–Crippen MR) is 91.8 cm³/mol. The maximum atomic E-state index is 12.9. The summed E-state index contributed by atoms with van der Waals surface area (Å²) in [5.41, 5.74) is 4.48. The number of hydrogen-bond acceptors (Lipinski definition) is 2. The van der Waals surface area contributed by atoms with E-state index in [4.69, 9.17) is 0 Å². The van der Waals surface area contributed by atoms with Gasteiger partial charge in [0.25, 0.3) is 5.91 Å². The van der Waals surface area contributed by atoms with Gasteiger partial charge in [-0.25, -0.2) is 4.90 Å². The zero-order chi connectivity index (χ0) is 16.7. The average molecular weight is 321 g/mol. The summed E-state index contributed by atoms with van der Waals surface area (Å²) >= 11 is 0. The first-order valence-corrected chi connectivity index (χ1v) is 8.48. The Balaban J connectivity index is 1.57. The zero-order valence-corrected chi connectivity index (χ0v) is 13.8. The first-order chi connectivity index (χ1) is 11.6. The first kappa shape index (κ1) is 15.1. The van der Waals surface area contributed by atoms with E-state index in [1.54, 1.807) is 0 Å². The third-order valence-electron chi connectivity index (χ3n) is 5.18. The van der Waals surface area contributed by atoms with Crippen molar-refractivity contribution in [2.75, 3.05) is 11.4 Å². The molecule has 1 N–H and O–H groups in total. The SMILES string of the molecule is Cc1ccc(N2C(=O)CC([NH+]3CCc4ccccc4C3)C2=O)cc1. The van der Waals surface area contributed by atoms with Gasteiger partial charge in [-0.15, -0.1) is 0 Å². The van der Waals surface area contributed by atoms with Crippen molar-refractivity contribution < 1.29 is 14.5 Å². The number of quaternary nitrogens is 1. The molecule has 0 saturated carbocycles. The van der Waals surface area contributed by atoms with Gasteiger partial charge in [-0.3, -0.25) is 9.59 Å². The smallest absolute Gasteiger partial charge is 0.292 e. The average Bonchev–Trinajstić information content (AvgIpc) is 2.90. The molecule has 4 nitrogen and oxygen atoms in total. The van der Waals surface area contributed by atoms with Crippen LogP contribution in [0.4, 0.5) is 5.69 Å². The molecule has 0 aromatic heterocycles. The van der Waals surface area contributed by atoms with Crippen molar-refractivity contribution in [2.45, 2.75) is 32.4 Å². The highest BCUT2D eigenvalue weighted by molar-refractivity contribution is 6.21. The molecule has 0 radical (unpaired) electrons. The summed E-state index contributed by atoms with van der Waals surface area (Å²) < 4.78 is 0. The van der Waals surface area contributed by atoms with Gasteiger partial charge in [0.15, 0.2) is 6.04 Å². The number of benzene rings is 2. The third-order valence-corrected chi connectivity index (χ3v) is 5.18. The minimum Gasteiger partial charge on any atom is -0.320 e. The molecule has 0 aliphatic carbocycles. The topological polar surface area (TPSA) is 41.8 Å². The van der Waals surface area contributed by atoms with Gasteiger partial charge in [-0.2, -0.15) is 0 Å². The summed E-state index contributed by atoms with van der Waals surface area (Å²) in [6.45, 7) is 3.72. The highest BCUT2D eigenvalue weighted by Gasteiger charge is 2.46. The lowest BCUT2D eigenvalue weighted by atomic mass is 9.98. The number of anilines is 1. The molecule has 2 aromatic carbocycles. The zero-order valence-electron chi connectivity index (χ0n) is 13.8. The van der Waals surface area contributed by atoms with Gasteiger partial charge in [0.2, 0.25) is 5.91 Å². The Morgan fingerprint density at radius 1 is 1.00 bits per heavy atom. The Morgan fingerprint density at radius 2 is 1.71 bits per heavy atom. The number of hydrogen-bond donors (Lipinski definition) is 1. The van der Waals surface area contributed by atoms with E-state index in [2.05, 4.69) is 18.2 Å². The quantitative estimate of drug-likeness (QED) is 0.847. The van der Waals surface area contributed by atoms with E-state index < -0.39 is 0 Å². The molecule has 2 aliphatic rings. The number of aryl methyl sites for hydroxylation is 1. The molecule has 122 valence electrons. The van der Waals surface area contributed by atoms with Crippen LogP contribution >= 0.6 is 0 Å². The van der Waals surface area contributed by atoms with Crippen molar-refractivity contribution in [3.8, 4) is 0 Å². The normalized spacial score (nSPS) is 23.5. The Morgan fingerprint density at radius 3 is 2.46 bits per heavy atom. The standard InChI is InChI=1S/C20H20N2O2/c1-14-6-8-17(9-7-14)22-19(23)12-18(20(22)24)21-11-10-15-4-2-3-5-16(15)13-21/h2-9,18H,10-13H2,1H3/p+1. The van der Waals surface area contributed by atoms with E-state index in [0.29, 0.717) is 12.1 Å². The number of nitrogens with zero attached hydrogens (tertiary/aromatic N) is 1. The van der Waals surface area contributed by atoms with Crippen LogP contribution < -0.4 is 9.80 Å². The van der Waals surface area contributed by atoms with E-state index >= 15 is 0 Å². The molecule has 2 heterocycles. The van der Waals surface area contributed by atoms with Crippen LogP contribution in [-0.4, -0.2) is 24.4 Å². The molecule has 2 aromatic rings. The lowest BCUT2D eigenvalue weighted by molar-refractivity contribution is -0.930. The van der Waals surface area contributed by atoms with Crippen LogP contribution in [0.5, 0.6) is 0 Å². The number of carbonyl (C=O) groups is 2. The Hall–Kier alpha value is -2.46. The summed E-state index contributed by atoms with van der Waals surface area (Å²) in [7, 11) is 0. The van der Waals surface area contributed by atoms with Crippen LogP contribution in [0.2, 0.25) is 0 Å². The van der Waals surface area contributed by atoms with E-state index in [0.717, 1.165) is 25.1 Å². The Bertz CT molecular complexity index is 798. The molecule has 2 unspecified atom stereocenters. The molecule has 2 atom stereocenters. The second kappa shape index (κ2) is 5.87. The number of rotatable bonds is 2. The maximum absolute atomic E-state index is 12.9. The van der Waals surface area contributed by atoms with Gasteiger partial charge in [0.1, 0.15) is 6.54 Å². The second-order valence-electron chi connectivity index (χ2n) is 6.76. The summed E-state index contributed by atoms with van der Waals surface area (Å²) in [6.07, 6.45) is 1.28. The predicted octanol–water partition coefficient (Wildman–Crippen LogP) is 1.27. The summed E-state index contributed by atoms with van der Waals surface area (Å²) in [6, 6.07) is 15.7. The van der Waals surface area contributed by atoms with Crippen LogP contribution in [0.15, 0.2) is 48.5 Å². The summed E-state index contributed by atoms with van der Waals surface area (Å²) in [5.74, 6) is -0.140. The minimum absolute atomic E-state index is 0.0572. The molecule has 24 heavy (non-hydrogen) atoms. The molecule has 2 amide bonds. The van der Waals surface area contributed by atoms with Crippen LogP contribution in [0.1, 0.15) is 23.1 Å². The van der Waals surface area contributed by atoms with Crippen molar-refractivity contribution >= 4 is 17.5 Å². The van der Waals surface area contributed by atoms with E-state index in [9.17, 15) is 9.59 Å². The third kappa shape index (κ3) is 2.53. The van der Waals surface area contributed by atoms with Gasteiger partial charge >= 0.3 is 0 Å². The molecule has 1 saturated heterocycles. The van der Waals surface area contributed by atoms with Gasteiger partial charge in [-0.05, 0) is 24.6 Å². The van der Waals surface area contributed by atoms with E-state index in [1.807, 2.05) is 37.3 Å². The molecule has 4 rings (SSSR count). The van der Waals surface area contributed by atoms with Crippen LogP contribution in [-0.2, 0) is 22.6 Å². The number of nitrogens with one attached hydrogen (secondary N) is 1. The van der Waals surface area contributed by atoms with Crippen molar-refractivity contribution in [1.82, 2.24) is 0 Å². The summed E-state index contributed by atoms with van der Waals surface area (Å²) in [5, 5.41) is 0. The second-order valence-corrected chi connectivity index (χ2v) is 6.76. The number of carbonyl (C=O) groups excluding carboxylic acids is 2. The fourth-order valence-electron chi connectivity index (χ4n) is 3.82. The van der Waals surface area contributed by atoms with Gasteiger partial charge in [0, 0.05) is 12.0 Å². The maximum Gasteiger partial charge on any atom is 0.292 e. The minimum atomic E-state index is -0.257. The fraction of sp³-hybridized carbons (Fsp3) is 0.300. The molecular formula is C20H21N2O2+.